The maximum atomic E-state index is 11.2. The van der Waals surface area contributed by atoms with Crippen molar-refractivity contribution in [1.29, 1.82) is 0 Å². The zero-order valence-corrected chi connectivity index (χ0v) is 18.4. The van der Waals surface area contributed by atoms with Gasteiger partial charge in [-0.05, 0) is 62.4 Å². The predicted octanol–water partition coefficient (Wildman–Crippen LogP) is 6.50. The molecular formula is C27H33NO3. The molecule has 0 spiro atoms. The standard InChI is InChI=1S/C27H33NO3/c1-4-6-15-27(29,16-7-5-2)26-14-13-25(31-26)21-28(20-24-12-9-17-30-24)19-23-11-8-10-22(3)18-23/h4-5,8-14,17-18,29H,1-2,6-7,15-16,19-21H2,3H3. The molecule has 4 heteroatoms. The second kappa shape index (κ2) is 11.0. The van der Waals surface area contributed by atoms with Gasteiger partial charge in [-0.15, -0.1) is 13.2 Å². The van der Waals surface area contributed by atoms with Gasteiger partial charge in [-0.25, -0.2) is 0 Å². The number of benzene rings is 1. The number of aryl methyl sites for hydroxylation is 1. The molecule has 0 unspecified atom stereocenters. The molecule has 4 nitrogen and oxygen atoms in total. The molecule has 1 N–H and O–H groups in total. The molecule has 0 amide bonds. The van der Waals surface area contributed by atoms with Crippen LogP contribution in [0.1, 0.15) is 54.1 Å². The smallest absolute Gasteiger partial charge is 0.135 e. The van der Waals surface area contributed by atoms with Gasteiger partial charge in [-0.1, -0.05) is 42.0 Å². The molecule has 0 fully saturated rings. The van der Waals surface area contributed by atoms with Gasteiger partial charge < -0.3 is 13.9 Å². The topological polar surface area (TPSA) is 49.8 Å². The highest BCUT2D eigenvalue weighted by molar-refractivity contribution is 5.22. The molecule has 0 aliphatic heterocycles. The molecule has 0 saturated carbocycles. The molecule has 31 heavy (non-hydrogen) atoms. The Bertz CT molecular complexity index is 943. The number of hydrogen-bond donors (Lipinski definition) is 1. The van der Waals surface area contributed by atoms with Crippen LogP contribution in [0.3, 0.4) is 0 Å². The molecule has 164 valence electrons. The lowest BCUT2D eigenvalue weighted by Crippen LogP contribution is -2.25. The number of furan rings is 2. The molecule has 2 heterocycles. The Kier molecular flexibility index (Phi) is 8.10. The minimum absolute atomic E-state index is 0.580. The molecule has 0 aliphatic rings. The van der Waals surface area contributed by atoms with E-state index < -0.39 is 5.60 Å². The average Bonchev–Trinajstić information content (AvgIpc) is 3.43. The van der Waals surface area contributed by atoms with Crippen LogP contribution in [-0.4, -0.2) is 10.0 Å². The number of rotatable bonds is 13. The summed E-state index contributed by atoms with van der Waals surface area (Å²) in [7, 11) is 0. The van der Waals surface area contributed by atoms with Gasteiger partial charge in [0.05, 0.1) is 19.4 Å². The number of allylic oxidation sites excluding steroid dienone is 2. The lowest BCUT2D eigenvalue weighted by molar-refractivity contribution is -0.00223. The molecule has 3 aromatic rings. The van der Waals surface area contributed by atoms with Crippen LogP contribution in [0.15, 0.2) is 88.9 Å². The molecule has 3 rings (SSSR count). The Labute approximate surface area is 185 Å². The van der Waals surface area contributed by atoms with E-state index in [4.69, 9.17) is 8.83 Å². The van der Waals surface area contributed by atoms with E-state index >= 15 is 0 Å². The highest BCUT2D eigenvalue weighted by atomic mass is 16.4. The Morgan fingerprint density at radius 2 is 1.68 bits per heavy atom. The third-order valence-corrected chi connectivity index (χ3v) is 5.47. The van der Waals surface area contributed by atoms with Crippen molar-refractivity contribution in [2.75, 3.05) is 0 Å². The quantitative estimate of drug-likeness (QED) is 0.321. The maximum Gasteiger partial charge on any atom is 0.135 e. The summed E-state index contributed by atoms with van der Waals surface area (Å²) in [6, 6.07) is 16.3. The molecule has 0 bridgehead atoms. The fourth-order valence-electron chi connectivity index (χ4n) is 3.85. The van der Waals surface area contributed by atoms with E-state index in [1.807, 2.05) is 36.4 Å². The fourth-order valence-corrected chi connectivity index (χ4v) is 3.85. The van der Waals surface area contributed by atoms with Crippen LogP contribution in [0.4, 0.5) is 0 Å². The summed E-state index contributed by atoms with van der Waals surface area (Å²) in [5, 5.41) is 11.2. The van der Waals surface area contributed by atoms with Crippen LogP contribution in [0.25, 0.3) is 0 Å². The van der Waals surface area contributed by atoms with Crippen molar-refractivity contribution in [1.82, 2.24) is 4.90 Å². The third-order valence-electron chi connectivity index (χ3n) is 5.47. The van der Waals surface area contributed by atoms with Crippen molar-refractivity contribution in [2.24, 2.45) is 0 Å². The van der Waals surface area contributed by atoms with Crippen LogP contribution >= 0.6 is 0 Å². The minimum atomic E-state index is -1.01. The van der Waals surface area contributed by atoms with Gasteiger partial charge >= 0.3 is 0 Å². The lowest BCUT2D eigenvalue weighted by Gasteiger charge is -2.25. The molecule has 0 saturated heterocycles. The van der Waals surface area contributed by atoms with Crippen molar-refractivity contribution in [3.05, 3.63) is 109 Å². The number of nitrogens with zero attached hydrogens (tertiary/aromatic N) is 1. The van der Waals surface area contributed by atoms with Crippen molar-refractivity contribution in [3.63, 3.8) is 0 Å². The molecule has 0 atom stereocenters. The molecule has 1 aromatic carbocycles. The second-order valence-electron chi connectivity index (χ2n) is 8.17. The third kappa shape index (κ3) is 6.58. The fraction of sp³-hybridized carbons (Fsp3) is 0.333. The van der Waals surface area contributed by atoms with Gasteiger partial charge in [-0.2, -0.15) is 0 Å². The Hall–Kier alpha value is -2.82. The zero-order valence-electron chi connectivity index (χ0n) is 18.4. The first-order valence-corrected chi connectivity index (χ1v) is 10.9. The molecule has 0 radical (unpaired) electrons. The van der Waals surface area contributed by atoms with Crippen LogP contribution in [0.5, 0.6) is 0 Å². The maximum absolute atomic E-state index is 11.2. The second-order valence-corrected chi connectivity index (χ2v) is 8.17. The van der Waals surface area contributed by atoms with Gasteiger partial charge in [0.15, 0.2) is 0 Å². The minimum Gasteiger partial charge on any atom is -0.468 e. The van der Waals surface area contributed by atoms with Crippen molar-refractivity contribution in [3.8, 4) is 0 Å². The van der Waals surface area contributed by atoms with Crippen molar-refractivity contribution in [2.45, 2.75) is 57.8 Å². The van der Waals surface area contributed by atoms with Crippen LogP contribution in [-0.2, 0) is 25.2 Å². The Morgan fingerprint density at radius 3 is 2.32 bits per heavy atom. The summed E-state index contributed by atoms with van der Waals surface area (Å²) in [6.45, 7) is 11.7. The first-order valence-electron chi connectivity index (χ1n) is 10.9. The van der Waals surface area contributed by atoms with Gasteiger partial charge in [0, 0.05) is 6.54 Å². The summed E-state index contributed by atoms with van der Waals surface area (Å²) >= 11 is 0. The Morgan fingerprint density at radius 1 is 0.935 bits per heavy atom. The van der Waals surface area contributed by atoms with E-state index in [0.717, 1.165) is 30.9 Å². The number of hydrogen-bond acceptors (Lipinski definition) is 4. The van der Waals surface area contributed by atoms with E-state index in [2.05, 4.69) is 49.2 Å². The van der Waals surface area contributed by atoms with Gasteiger partial charge in [0.25, 0.3) is 0 Å². The first-order chi connectivity index (χ1) is 15.0. The predicted molar refractivity (Wildman–Crippen MR) is 124 cm³/mol. The SMILES string of the molecule is C=CCCC(O)(CCC=C)c1ccc(CN(Cc2cccc(C)c2)Cc2ccco2)o1. The summed E-state index contributed by atoms with van der Waals surface area (Å²) in [6.07, 6.45) is 7.96. The summed E-state index contributed by atoms with van der Waals surface area (Å²) in [4.78, 5) is 2.28. The lowest BCUT2D eigenvalue weighted by atomic mass is 9.89. The van der Waals surface area contributed by atoms with Crippen LogP contribution in [0.2, 0.25) is 0 Å². The van der Waals surface area contributed by atoms with Gasteiger partial charge in [0.2, 0.25) is 0 Å². The summed E-state index contributed by atoms with van der Waals surface area (Å²) in [5.74, 6) is 2.34. The van der Waals surface area contributed by atoms with Crippen LogP contribution in [0, 0.1) is 6.92 Å². The largest absolute Gasteiger partial charge is 0.468 e. The zero-order chi connectivity index (χ0) is 22.1. The normalized spacial score (nSPS) is 11.7. The monoisotopic (exact) mass is 419 g/mol. The molecule has 2 aromatic heterocycles. The average molecular weight is 420 g/mol. The Balaban J connectivity index is 1.78. The van der Waals surface area contributed by atoms with Gasteiger partial charge in [0.1, 0.15) is 22.9 Å². The highest BCUT2D eigenvalue weighted by Crippen LogP contribution is 2.33. The summed E-state index contributed by atoms with van der Waals surface area (Å²) in [5.41, 5.74) is 1.47. The molecular weight excluding hydrogens is 386 g/mol. The van der Waals surface area contributed by atoms with Crippen molar-refractivity contribution < 1.29 is 13.9 Å². The van der Waals surface area contributed by atoms with E-state index in [-0.39, 0.29) is 0 Å². The molecule has 0 aliphatic carbocycles. The van der Waals surface area contributed by atoms with E-state index in [0.29, 0.717) is 31.7 Å². The summed E-state index contributed by atoms with van der Waals surface area (Å²) < 4.78 is 11.7. The van der Waals surface area contributed by atoms with E-state index in [1.54, 1.807) is 6.26 Å². The van der Waals surface area contributed by atoms with Gasteiger partial charge in [-0.3, -0.25) is 4.90 Å². The highest BCUT2D eigenvalue weighted by Gasteiger charge is 2.31. The van der Waals surface area contributed by atoms with Crippen LogP contribution < -0.4 is 0 Å². The van der Waals surface area contributed by atoms with E-state index in [1.165, 1.54) is 11.1 Å². The number of aliphatic hydroxyl groups is 1. The van der Waals surface area contributed by atoms with Crippen molar-refractivity contribution >= 4 is 0 Å². The van der Waals surface area contributed by atoms with E-state index in [9.17, 15) is 5.11 Å². The first kappa shape index (κ1) is 22.9.